The largest absolute Gasteiger partial charge is 0.486 e. The smallest absolute Gasteiger partial charge is 0.246 e. The van der Waals surface area contributed by atoms with E-state index >= 15 is 0 Å². The van der Waals surface area contributed by atoms with Crippen LogP contribution in [-0.2, 0) is 9.53 Å². The minimum Gasteiger partial charge on any atom is -0.486 e. The van der Waals surface area contributed by atoms with Crippen molar-refractivity contribution in [2.75, 3.05) is 38.7 Å². The molecule has 2 fully saturated rings. The van der Waals surface area contributed by atoms with Crippen LogP contribution in [0.2, 0.25) is 5.02 Å². The first-order valence-corrected chi connectivity index (χ1v) is 13.2. The molecule has 2 aromatic heterocycles. The second kappa shape index (κ2) is 11.6. The van der Waals surface area contributed by atoms with Gasteiger partial charge in [-0.1, -0.05) is 18.2 Å². The summed E-state index contributed by atoms with van der Waals surface area (Å²) >= 11 is 6.98. The number of aromatic nitrogens is 3. The number of benzene rings is 1. The van der Waals surface area contributed by atoms with Gasteiger partial charge in [-0.2, -0.15) is 0 Å². The zero-order valence-electron chi connectivity index (χ0n) is 21.3. The Morgan fingerprint density at radius 2 is 2.21 bits per heavy atom. The van der Waals surface area contributed by atoms with Crippen molar-refractivity contribution < 1.29 is 24.1 Å². The van der Waals surface area contributed by atoms with Gasteiger partial charge in [-0.25, -0.2) is 9.97 Å². The minimum absolute atomic E-state index is 0.0685. The number of aliphatic hydroxyl groups excluding tert-OH is 1. The molecule has 3 aromatic rings. The number of ether oxygens (including phenoxy) is 3. The predicted octanol–water partition coefficient (Wildman–Crippen LogP) is 4.10. The number of halogens is 1. The number of nitrogens with one attached hydrogen (secondary N) is 1. The number of carbonyl (C=O) groups excluding carboxylic acids is 1. The molecule has 2 saturated heterocycles. The normalized spacial score (nSPS) is 20.7. The Balaban J connectivity index is 1.57. The van der Waals surface area contributed by atoms with Crippen LogP contribution in [0.15, 0.2) is 43.1 Å². The Labute approximate surface area is 226 Å². The lowest BCUT2D eigenvalue weighted by Crippen LogP contribution is -2.34. The molecule has 0 saturated carbocycles. The molecule has 0 aliphatic carbocycles. The first-order chi connectivity index (χ1) is 18.5. The van der Waals surface area contributed by atoms with Gasteiger partial charge in [-0.15, -0.1) is 0 Å². The Morgan fingerprint density at radius 1 is 1.34 bits per heavy atom. The Hall–Kier alpha value is -3.34. The number of imidazole rings is 1. The van der Waals surface area contributed by atoms with Crippen molar-refractivity contribution >= 4 is 34.5 Å². The molecule has 38 heavy (non-hydrogen) atoms. The summed E-state index contributed by atoms with van der Waals surface area (Å²) < 4.78 is 18.8. The van der Waals surface area contributed by atoms with E-state index in [2.05, 4.69) is 16.9 Å². The highest BCUT2D eigenvalue weighted by molar-refractivity contribution is 6.36. The van der Waals surface area contributed by atoms with E-state index in [1.165, 1.54) is 13.2 Å². The van der Waals surface area contributed by atoms with Gasteiger partial charge in [0.1, 0.15) is 16.9 Å². The molecule has 5 rings (SSSR count). The fourth-order valence-corrected chi connectivity index (χ4v) is 5.33. The molecule has 1 aromatic carbocycles. The number of fused-ring (bicyclic) bond motifs is 1. The summed E-state index contributed by atoms with van der Waals surface area (Å²) in [6.07, 6.45) is 5.15. The van der Waals surface area contributed by atoms with Gasteiger partial charge >= 0.3 is 0 Å². The van der Waals surface area contributed by atoms with E-state index in [0.717, 1.165) is 25.7 Å². The summed E-state index contributed by atoms with van der Waals surface area (Å²) in [4.78, 5) is 23.3. The van der Waals surface area contributed by atoms with Crippen LogP contribution >= 0.6 is 11.6 Å². The van der Waals surface area contributed by atoms with Crippen molar-refractivity contribution in [3.05, 3.63) is 53.7 Å². The van der Waals surface area contributed by atoms with Crippen LogP contribution in [0.25, 0.3) is 11.0 Å². The molecule has 11 heteroatoms. The van der Waals surface area contributed by atoms with Gasteiger partial charge in [0.15, 0.2) is 6.23 Å². The zero-order valence-corrected chi connectivity index (χ0v) is 22.1. The number of pyridine rings is 1. The maximum absolute atomic E-state index is 12.6. The van der Waals surface area contributed by atoms with Crippen molar-refractivity contribution in [2.24, 2.45) is 0 Å². The molecule has 0 bridgehead atoms. The molecule has 4 heterocycles. The summed E-state index contributed by atoms with van der Waals surface area (Å²) in [5, 5.41) is 14.7. The number of amides is 1. The van der Waals surface area contributed by atoms with Crippen LogP contribution in [0.3, 0.4) is 0 Å². The lowest BCUT2D eigenvalue weighted by molar-refractivity contribution is -0.126. The van der Waals surface area contributed by atoms with E-state index in [9.17, 15) is 9.90 Å². The Kier molecular flexibility index (Phi) is 8.01. The third kappa shape index (κ3) is 5.43. The van der Waals surface area contributed by atoms with Crippen LogP contribution in [0.5, 0.6) is 11.6 Å². The van der Waals surface area contributed by atoms with Gasteiger partial charge in [-0.3, -0.25) is 4.79 Å². The minimum atomic E-state index is -1.09. The Morgan fingerprint density at radius 3 is 2.97 bits per heavy atom. The number of likely N-dealkylation sites (tertiary alicyclic amines) is 1. The summed E-state index contributed by atoms with van der Waals surface area (Å²) in [6, 6.07) is 6.89. The van der Waals surface area contributed by atoms with E-state index in [0.29, 0.717) is 65.5 Å². The number of hydrogen-bond donors (Lipinski definition) is 2. The lowest BCUT2D eigenvalue weighted by Gasteiger charge is -2.27. The van der Waals surface area contributed by atoms with E-state index < -0.39 is 6.23 Å². The van der Waals surface area contributed by atoms with Gasteiger partial charge in [0.2, 0.25) is 17.7 Å². The van der Waals surface area contributed by atoms with E-state index in [-0.39, 0.29) is 18.1 Å². The van der Waals surface area contributed by atoms with Crippen molar-refractivity contribution in [1.29, 1.82) is 0 Å². The van der Waals surface area contributed by atoms with Crippen LogP contribution < -0.4 is 14.8 Å². The number of hydrogen-bond acceptors (Lipinski definition) is 8. The average molecular weight is 542 g/mol. The topological polar surface area (TPSA) is 111 Å². The lowest BCUT2D eigenvalue weighted by atomic mass is 10.1. The van der Waals surface area contributed by atoms with E-state index in [4.69, 9.17) is 30.8 Å². The molecule has 2 aliphatic heterocycles. The maximum Gasteiger partial charge on any atom is 0.246 e. The van der Waals surface area contributed by atoms with Gasteiger partial charge in [-0.05, 0) is 43.5 Å². The van der Waals surface area contributed by atoms with Gasteiger partial charge in [0.25, 0.3) is 0 Å². The van der Waals surface area contributed by atoms with Crippen LogP contribution in [0, 0.1) is 0 Å². The zero-order chi connectivity index (χ0) is 26.6. The van der Waals surface area contributed by atoms with Crippen molar-refractivity contribution in [3.63, 3.8) is 0 Å². The SMILES string of the molecule is C=CC(=O)N1CCCC[C@@H](n2c(NC(O)c3ccnc(OC)c3)nc3ccc(O[C@@H]4CCOC4)c(Cl)c32)C1. The molecule has 1 unspecified atom stereocenters. The molecule has 2 aliphatic rings. The summed E-state index contributed by atoms with van der Waals surface area (Å²) in [6.45, 7) is 5.95. The molecule has 10 nitrogen and oxygen atoms in total. The number of methoxy groups -OCH3 is 1. The first kappa shape index (κ1) is 26.3. The number of nitrogens with zero attached hydrogens (tertiary/aromatic N) is 4. The summed E-state index contributed by atoms with van der Waals surface area (Å²) in [7, 11) is 1.52. The number of anilines is 1. The summed E-state index contributed by atoms with van der Waals surface area (Å²) in [5.74, 6) is 1.26. The van der Waals surface area contributed by atoms with Crippen molar-refractivity contribution in [1.82, 2.24) is 19.4 Å². The molecule has 2 N–H and O–H groups in total. The number of aliphatic hydroxyl groups is 1. The molecule has 0 radical (unpaired) electrons. The molecular weight excluding hydrogens is 510 g/mol. The molecule has 202 valence electrons. The molecular formula is C27H32ClN5O5. The maximum atomic E-state index is 12.6. The summed E-state index contributed by atoms with van der Waals surface area (Å²) in [5.41, 5.74) is 1.90. The molecule has 1 amide bonds. The van der Waals surface area contributed by atoms with E-state index in [1.54, 1.807) is 23.2 Å². The average Bonchev–Trinajstić information content (AvgIpc) is 3.51. The van der Waals surface area contributed by atoms with Crippen LogP contribution in [-0.4, -0.2) is 70.0 Å². The monoisotopic (exact) mass is 541 g/mol. The fourth-order valence-electron chi connectivity index (χ4n) is 5.03. The third-order valence-corrected chi connectivity index (χ3v) is 7.35. The van der Waals surface area contributed by atoms with Crippen LogP contribution in [0.1, 0.15) is 43.5 Å². The second-order valence-corrected chi connectivity index (χ2v) is 9.85. The van der Waals surface area contributed by atoms with Crippen molar-refractivity contribution in [2.45, 2.75) is 44.1 Å². The van der Waals surface area contributed by atoms with Gasteiger partial charge in [0, 0.05) is 37.3 Å². The molecule has 0 spiro atoms. The highest BCUT2D eigenvalue weighted by atomic mass is 35.5. The standard InChI is InChI=1S/C27H32ClN5O5/c1-3-23(34)32-12-5-4-6-18(15-32)33-25-20(7-8-21(24(25)28)38-19-10-13-37-16-19)30-27(33)31-26(35)17-9-11-29-22(14-17)36-2/h3,7-9,11,14,18-19,26,35H,1,4-6,10,12-13,15-16H2,2H3,(H,30,31)/t18-,19-,26?/m1/s1. The first-order valence-electron chi connectivity index (χ1n) is 12.8. The van der Waals surface area contributed by atoms with Crippen molar-refractivity contribution in [3.8, 4) is 11.6 Å². The molecule has 3 atom stereocenters. The number of rotatable bonds is 8. The number of carbonyl (C=O) groups is 1. The van der Waals surface area contributed by atoms with Crippen LogP contribution in [0.4, 0.5) is 5.95 Å². The highest BCUT2D eigenvalue weighted by Crippen LogP contribution is 2.39. The highest BCUT2D eigenvalue weighted by Gasteiger charge is 2.29. The Bertz CT molecular complexity index is 1310. The van der Waals surface area contributed by atoms with Gasteiger partial charge < -0.3 is 34.1 Å². The fraction of sp³-hybridized carbons (Fsp3) is 0.444. The second-order valence-electron chi connectivity index (χ2n) is 9.47. The van der Waals surface area contributed by atoms with E-state index in [1.807, 2.05) is 16.7 Å². The predicted molar refractivity (Wildman–Crippen MR) is 144 cm³/mol. The third-order valence-electron chi connectivity index (χ3n) is 6.98. The quantitative estimate of drug-likeness (QED) is 0.324. The van der Waals surface area contributed by atoms with Gasteiger partial charge in [0.05, 0.1) is 37.4 Å².